The van der Waals surface area contributed by atoms with Crippen molar-refractivity contribution < 1.29 is 14.4 Å². The van der Waals surface area contributed by atoms with Crippen molar-refractivity contribution in [3.63, 3.8) is 0 Å². The number of nitro groups is 1. The quantitative estimate of drug-likeness (QED) is 0.379. The minimum Gasteiger partial charge on any atom is -0.497 e. The van der Waals surface area contributed by atoms with Gasteiger partial charge in [-0.1, -0.05) is 24.3 Å². The fourth-order valence-electron chi connectivity index (χ4n) is 4.55. The zero-order chi connectivity index (χ0) is 23.5. The zero-order valence-corrected chi connectivity index (χ0v) is 19.1. The van der Waals surface area contributed by atoms with E-state index in [1.165, 1.54) is 0 Å². The summed E-state index contributed by atoms with van der Waals surface area (Å²) in [4.78, 5) is 25.2. The van der Waals surface area contributed by atoms with Gasteiger partial charge in [0.15, 0.2) is 0 Å². The number of para-hydroxylation sites is 1. The molecule has 3 heterocycles. The van der Waals surface area contributed by atoms with Gasteiger partial charge in [0, 0.05) is 56.8 Å². The van der Waals surface area contributed by atoms with Crippen LogP contribution in [0.1, 0.15) is 29.7 Å². The lowest BCUT2D eigenvalue weighted by atomic mass is 10.0. The number of anilines is 1. The largest absolute Gasteiger partial charge is 0.497 e. The normalized spacial score (nSPS) is 15.7. The van der Waals surface area contributed by atoms with E-state index in [4.69, 9.17) is 19.4 Å². The minimum atomic E-state index is -0.323. The topological polar surface area (TPSA) is 93.9 Å². The Morgan fingerprint density at radius 2 is 1.82 bits per heavy atom. The lowest BCUT2D eigenvalue weighted by Crippen LogP contribution is -2.32. The van der Waals surface area contributed by atoms with Crippen LogP contribution in [0.15, 0.2) is 48.5 Å². The van der Waals surface area contributed by atoms with Crippen LogP contribution in [-0.4, -0.2) is 46.5 Å². The number of ether oxygens (including phenoxy) is 2. The number of hydrogen-bond acceptors (Lipinski definition) is 8. The van der Waals surface area contributed by atoms with Gasteiger partial charge in [-0.15, -0.1) is 0 Å². The van der Waals surface area contributed by atoms with Crippen LogP contribution < -0.4 is 14.4 Å². The summed E-state index contributed by atoms with van der Waals surface area (Å²) in [6.07, 6.45) is 3.00. The molecule has 1 saturated heterocycles. The maximum atomic E-state index is 11.5. The van der Waals surface area contributed by atoms with Gasteiger partial charge in [0.25, 0.3) is 5.69 Å². The van der Waals surface area contributed by atoms with E-state index in [0.29, 0.717) is 42.0 Å². The Morgan fingerprint density at radius 1 is 1.03 bits per heavy atom. The minimum absolute atomic E-state index is 0.141. The molecule has 0 bridgehead atoms. The number of benzene rings is 2. The van der Waals surface area contributed by atoms with E-state index in [-0.39, 0.29) is 10.6 Å². The molecule has 1 fully saturated rings. The Balaban J connectivity index is 1.46. The molecular weight excluding hydrogens is 434 g/mol. The van der Waals surface area contributed by atoms with E-state index in [0.717, 1.165) is 50.2 Å². The van der Waals surface area contributed by atoms with Crippen LogP contribution >= 0.6 is 0 Å². The molecule has 34 heavy (non-hydrogen) atoms. The van der Waals surface area contributed by atoms with Crippen LogP contribution in [0, 0.1) is 10.1 Å². The lowest BCUT2D eigenvalue weighted by Gasteiger charge is -2.30. The monoisotopic (exact) mass is 461 g/mol. The van der Waals surface area contributed by atoms with Crippen LogP contribution in [0.4, 0.5) is 11.6 Å². The second-order valence-corrected chi connectivity index (χ2v) is 8.58. The summed E-state index contributed by atoms with van der Waals surface area (Å²) in [7, 11) is 1.62. The molecule has 9 nitrogen and oxygen atoms in total. The van der Waals surface area contributed by atoms with E-state index in [1.54, 1.807) is 19.2 Å². The first-order valence-corrected chi connectivity index (χ1v) is 11.5. The third-order valence-electron chi connectivity index (χ3n) is 6.32. The molecule has 2 aliphatic rings. The summed E-state index contributed by atoms with van der Waals surface area (Å²) in [6, 6.07) is 14.4. The highest BCUT2D eigenvalue weighted by Crippen LogP contribution is 2.34. The summed E-state index contributed by atoms with van der Waals surface area (Å²) in [5.74, 6) is 2.59. The molecule has 0 aliphatic carbocycles. The van der Waals surface area contributed by atoms with E-state index >= 15 is 0 Å². The van der Waals surface area contributed by atoms with Gasteiger partial charge >= 0.3 is 0 Å². The van der Waals surface area contributed by atoms with Crippen molar-refractivity contribution in [3.05, 3.63) is 75.5 Å². The molecule has 1 aromatic heterocycles. The highest BCUT2D eigenvalue weighted by atomic mass is 16.6. The van der Waals surface area contributed by atoms with Crippen molar-refractivity contribution in [1.29, 1.82) is 0 Å². The highest BCUT2D eigenvalue weighted by Gasteiger charge is 2.27. The number of aromatic nitrogens is 2. The fourth-order valence-corrected chi connectivity index (χ4v) is 4.55. The number of rotatable bonds is 7. The van der Waals surface area contributed by atoms with Crippen LogP contribution in [0.3, 0.4) is 0 Å². The Bertz CT molecular complexity index is 1200. The average Bonchev–Trinajstić information content (AvgIpc) is 3.40. The van der Waals surface area contributed by atoms with Gasteiger partial charge in [0.2, 0.25) is 11.8 Å². The smallest absolute Gasteiger partial charge is 0.273 e. The van der Waals surface area contributed by atoms with E-state index < -0.39 is 0 Å². The van der Waals surface area contributed by atoms with Crippen molar-refractivity contribution in [2.45, 2.75) is 32.4 Å². The number of hydrogen-bond donors (Lipinski definition) is 0. The van der Waals surface area contributed by atoms with Gasteiger partial charge in [-0.2, -0.15) is 4.98 Å². The van der Waals surface area contributed by atoms with Gasteiger partial charge < -0.3 is 14.4 Å². The fraction of sp³-hybridized carbons (Fsp3) is 0.360. The third kappa shape index (κ3) is 4.65. The Labute approximate surface area is 198 Å². The molecule has 0 N–H and O–H groups in total. The first kappa shape index (κ1) is 22.1. The summed E-state index contributed by atoms with van der Waals surface area (Å²) in [5, 5.41) is 11.5. The predicted octanol–water partition coefficient (Wildman–Crippen LogP) is 4.34. The predicted molar refractivity (Wildman–Crippen MR) is 127 cm³/mol. The second kappa shape index (κ2) is 9.64. The Morgan fingerprint density at radius 3 is 2.62 bits per heavy atom. The summed E-state index contributed by atoms with van der Waals surface area (Å²) >= 11 is 0. The molecule has 3 aromatic rings. The molecule has 5 rings (SSSR count). The van der Waals surface area contributed by atoms with Gasteiger partial charge in [-0.3, -0.25) is 15.0 Å². The van der Waals surface area contributed by atoms with Gasteiger partial charge in [-0.25, -0.2) is 4.98 Å². The standard InChI is InChI=1S/C25H27N5O4/c1-33-19-8-6-9-20(15-19)34-24-21-17-28(16-18-7-2-3-10-23(18)30(31)32)14-11-22(21)26-25(27-24)29-12-4-5-13-29/h2-3,6-10,15H,4-5,11-14,16-17H2,1H3. The zero-order valence-electron chi connectivity index (χ0n) is 19.1. The van der Waals surface area contributed by atoms with E-state index in [1.807, 2.05) is 36.4 Å². The molecule has 0 amide bonds. The van der Waals surface area contributed by atoms with Gasteiger partial charge in [-0.05, 0) is 25.0 Å². The molecular formula is C25H27N5O4. The third-order valence-corrected chi connectivity index (χ3v) is 6.32. The Kier molecular flexibility index (Phi) is 6.27. The van der Waals surface area contributed by atoms with Crippen molar-refractivity contribution in [1.82, 2.24) is 14.9 Å². The van der Waals surface area contributed by atoms with Crippen molar-refractivity contribution in [3.8, 4) is 17.4 Å². The number of nitro benzene ring substituents is 1. The van der Waals surface area contributed by atoms with Crippen LogP contribution in [0.25, 0.3) is 0 Å². The van der Waals surface area contributed by atoms with Crippen LogP contribution in [0.5, 0.6) is 17.4 Å². The van der Waals surface area contributed by atoms with E-state index in [9.17, 15) is 10.1 Å². The molecule has 2 aromatic carbocycles. The molecule has 9 heteroatoms. The molecule has 176 valence electrons. The maximum absolute atomic E-state index is 11.5. The molecule has 0 radical (unpaired) electrons. The first-order chi connectivity index (χ1) is 16.6. The van der Waals surface area contributed by atoms with Crippen molar-refractivity contribution in [2.24, 2.45) is 0 Å². The summed E-state index contributed by atoms with van der Waals surface area (Å²) in [5.41, 5.74) is 2.74. The second-order valence-electron chi connectivity index (χ2n) is 8.58. The average molecular weight is 462 g/mol. The maximum Gasteiger partial charge on any atom is 0.273 e. The van der Waals surface area contributed by atoms with Crippen LogP contribution in [0.2, 0.25) is 0 Å². The Hall–Kier alpha value is -3.72. The molecule has 0 unspecified atom stereocenters. The number of fused-ring (bicyclic) bond motifs is 1. The number of methoxy groups -OCH3 is 1. The SMILES string of the molecule is COc1cccc(Oc2nc(N3CCCC3)nc3c2CN(Cc2ccccc2[N+](=O)[O-])CC3)c1. The van der Waals surface area contributed by atoms with E-state index in [2.05, 4.69) is 9.80 Å². The summed E-state index contributed by atoms with van der Waals surface area (Å²) < 4.78 is 11.6. The van der Waals surface area contributed by atoms with Crippen molar-refractivity contribution in [2.75, 3.05) is 31.6 Å². The molecule has 0 spiro atoms. The molecule has 2 aliphatic heterocycles. The summed E-state index contributed by atoms with van der Waals surface area (Å²) in [6.45, 7) is 3.68. The van der Waals surface area contributed by atoms with Gasteiger partial charge in [0.05, 0.1) is 23.3 Å². The van der Waals surface area contributed by atoms with Crippen molar-refractivity contribution >= 4 is 11.6 Å². The molecule has 0 atom stereocenters. The van der Waals surface area contributed by atoms with Gasteiger partial charge in [0.1, 0.15) is 11.5 Å². The highest BCUT2D eigenvalue weighted by molar-refractivity contribution is 5.45. The first-order valence-electron chi connectivity index (χ1n) is 11.5. The molecule has 0 saturated carbocycles. The lowest BCUT2D eigenvalue weighted by molar-refractivity contribution is -0.385. The number of nitrogens with zero attached hydrogens (tertiary/aromatic N) is 5. The van der Waals surface area contributed by atoms with Crippen LogP contribution in [-0.2, 0) is 19.5 Å².